The molecule has 3 aliphatic rings. The van der Waals surface area contributed by atoms with Crippen LogP contribution in [0.2, 0.25) is 0 Å². The van der Waals surface area contributed by atoms with Gasteiger partial charge in [-0.2, -0.15) is 0 Å². The summed E-state index contributed by atoms with van der Waals surface area (Å²) >= 11 is -2.56. The van der Waals surface area contributed by atoms with Crippen LogP contribution in [0.5, 0.6) is 0 Å². The van der Waals surface area contributed by atoms with E-state index < -0.39 is 16.1 Å². The predicted molar refractivity (Wildman–Crippen MR) is 160 cm³/mol. The second-order valence-electron chi connectivity index (χ2n) is 12.2. The average molecular weight is 562 g/mol. The van der Waals surface area contributed by atoms with Crippen molar-refractivity contribution in [3.63, 3.8) is 0 Å². The lowest BCUT2D eigenvalue weighted by molar-refractivity contribution is 0.0156. The van der Waals surface area contributed by atoms with Crippen LogP contribution < -0.4 is 5.32 Å². The molecule has 4 atom stereocenters. The summed E-state index contributed by atoms with van der Waals surface area (Å²) in [7, 11) is 3.86. The number of hydrogen-bond donors (Lipinski definition) is 1. The van der Waals surface area contributed by atoms with Crippen LogP contribution in [0.1, 0.15) is 79.8 Å². The van der Waals surface area contributed by atoms with Crippen LogP contribution in [0.25, 0.3) is 22.2 Å². The SMILES string of the molecule is CCC1(S(=O)[O-])NC(=O)c2ccc3c(C4CCCCC4)c4n(c3c2)CC(Cc2ccccc2-4)CN(C)C(C)N1C. The van der Waals surface area contributed by atoms with Gasteiger partial charge in [0.25, 0.3) is 5.91 Å². The Balaban J connectivity index is 1.62. The summed E-state index contributed by atoms with van der Waals surface area (Å²) < 4.78 is 28.1. The quantitative estimate of drug-likeness (QED) is 0.432. The highest BCUT2D eigenvalue weighted by molar-refractivity contribution is 7.80. The summed E-state index contributed by atoms with van der Waals surface area (Å²) in [5.41, 5.74) is 7.02. The van der Waals surface area contributed by atoms with Crippen LogP contribution >= 0.6 is 0 Å². The van der Waals surface area contributed by atoms with Crippen molar-refractivity contribution < 1.29 is 13.6 Å². The number of benzene rings is 2. The summed E-state index contributed by atoms with van der Waals surface area (Å²) in [5.74, 6) is 0.455. The van der Waals surface area contributed by atoms with Crippen LogP contribution in [-0.4, -0.2) is 60.8 Å². The van der Waals surface area contributed by atoms with Crippen LogP contribution in [-0.2, 0) is 24.0 Å². The van der Waals surface area contributed by atoms with Gasteiger partial charge in [0.15, 0.2) is 4.99 Å². The summed E-state index contributed by atoms with van der Waals surface area (Å²) in [6, 6.07) is 14.9. The smallest absolute Gasteiger partial charge is 0.253 e. The third kappa shape index (κ3) is 4.44. The molecule has 2 aliphatic heterocycles. The molecule has 3 aromatic rings. The van der Waals surface area contributed by atoms with Crippen LogP contribution in [0.3, 0.4) is 0 Å². The highest BCUT2D eigenvalue weighted by Gasteiger charge is 2.41. The topological polar surface area (TPSA) is 80.6 Å². The summed E-state index contributed by atoms with van der Waals surface area (Å²) in [4.78, 5) is 16.3. The van der Waals surface area contributed by atoms with Crippen molar-refractivity contribution in [2.24, 2.45) is 5.92 Å². The van der Waals surface area contributed by atoms with Crippen LogP contribution in [0.4, 0.5) is 0 Å². The van der Waals surface area contributed by atoms with Gasteiger partial charge in [0.2, 0.25) is 0 Å². The number of amides is 1. The molecule has 0 radical (unpaired) electrons. The van der Waals surface area contributed by atoms with Gasteiger partial charge in [0.05, 0.1) is 11.9 Å². The van der Waals surface area contributed by atoms with Gasteiger partial charge >= 0.3 is 0 Å². The highest BCUT2D eigenvalue weighted by Crippen LogP contribution is 2.47. The molecule has 8 heteroatoms. The molecule has 1 saturated carbocycles. The van der Waals surface area contributed by atoms with E-state index in [2.05, 4.69) is 52.2 Å². The second-order valence-corrected chi connectivity index (χ2v) is 13.3. The molecule has 0 saturated heterocycles. The summed E-state index contributed by atoms with van der Waals surface area (Å²) in [6.45, 7) is 5.49. The number of fused-ring (bicyclic) bond motifs is 4. The molecule has 4 unspecified atom stereocenters. The van der Waals surface area contributed by atoms with E-state index in [4.69, 9.17) is 0 Å². The molecule has 1 aliphatic carbocycles. The van der Waals surface area contributed by atoms with Gasteiger partial charge in [0.1, 0.15) is 0 Å². The van der Waals surface area contributed by atoms with Crippen LogP contribution in [0, 0.1) is 5.92 Å². The maximum absolute atomic E-state index is 13.8. The Bertz CT molecular complexity index is 1460. The summed E-state index contributed by atoms with van der Waals surface area (Å²) in [5, 5.41) is 4.17. The van der Waals surface area contributed by atoms with Gasteiger partial charge in [0, 0.05) is 35.1 Å². The van der Waals surface area contributed by atoms with Gasteiger partial charge in [-0.1, -0.05) is 56.5 Å². The third-order valence-corrected chi connectivity index (χ3v) is 11.2. The van der Waals surface area contributed by atoms with Gasteiger partial charge in [-0.25, -0.2) is 0 Å². The first-order valence-electron chi connectivity index (χ1n) is 14.8. The maximum atomic E-state index is 13.8. The van der Waals surface area contributed by atoms with Gasteiger partial charge in [-0.15, -0.1) is 0 Å². The van der Waals surface area contributed by atoms with Gasteiger partial charge in [-0.3, -0.25) is 18.8 Å². The molecular weight excluding hydrogens is 520 g/mol. The lowest BCUT2D eigenvalue weighted by atomic mass is 9.81. The Labute approximate surface area is 240 Å². The summed E-state index contributed by atoms with van der Waals surface area (Å²) in [6.07, 6.45) is 7.16. The van der Waals surface area contributed by atoms with Crippen molar-refractivity contribution in [3.8, 4) is 11.3 Å². The lowest BCUT2D eigenvalue weighted by Gasteiger charge is -2.48. The monoisotopic (exact) mass is 561 g/mol. The Kier molecular flexibility index (Phi) is 7.40. The minimum atomic E-state index is -2.56. The number of hydrogen-bond acceptors (Lipinski definition) is 5. The molecule has 7 nitrogen and oxygen atoms in total. The molecule has 1 fully saturated rings. The first-order valence-corrected chi connectivity index (χ1v) is 15.9. The molecule has 1 amide bonds. The van der Waals surface area contributed by atoms with Gasteiger partial charge < -0.3 is 14.4 Å². The van der Waals surface area contributed by atoms with E-state index in [-0.39, 0.29) is 18.5 Å². The van der Waals surface area contributed by atoms with Crippen molar-refractivity contribution >= 4 is 27.9 Å². The fourth-order valence-corrected chi connectivity index (χ4v) is 8.40. The van der Waals surface area contributed by atoms with E-state index in [0.717, 1.165) is 25.0 Å². The Morgan fingerprint density at radius 1 is 1.07 bits per heavy atom. The molecule has 1 N–H and O–H groups in total. The van der Waals surface area contributed by atoms with E-state index in [1.54, 1.807) is 11.9 Å². The van der Waals surface area contributed by atoms with E-state index in [1.807, 2.05) is 26.0 Å². The number of carbonyl (C=O) groups excluding carboxylic acids is 1. The molecule has 4 bridgehead atoms. The maximum Gasteiger partial charge on any atom is 0.253 e. The molecule has 6 rings (SSSR count). The zero-order valence-corrected chi connectivity index (χ0v) is 24.9. The van der Waals surface area contributed by atoms with Crippen LogP contribution in [0.15, 0.2) is 42.5 Å². The molecule has 214 valence electrons. The van der Waals surface area contributed by atoms with Crippen molar-refractivity contribution in [1.82, 2.24) is 19.7 Å². The van der Waals surface area contributed by atoms with Crippen molar-refractivity contribution in [3.05, 3.63) is 59.2 Å². The largest absolute Gasteiger partial charge is 0.770 e. The molecule has 0 spiro atoms. The van der Waals surface area contributed by atoms with E-state index in [0.29, 0.717) is 17.4 Å². The standard InChI is InChI=1S/C32H42N4O3S/c1-5-32(40(38)39)33-31(37)25-15-16-27-28(18-25)36-20-22(19-34(3)21(2)35(32)4)17-24-13-9-10-14-26(24)30(36)29(27)23-11-7-6-8-12-23/h9-10,13-16,18,21-23H,5-8,11-12,17,19-20H2,1-4H3,(H,33,37)(H,38,39)/p-1. The number of nitrogens with one attached hydrogen (secondary N) is 1. The fourth-order valence-electron chi connectivity index (χ4n) is 7.60. The van der Waals surface area contributed by atoms with E-state index >= 15 is 0 Å². The number of nitrogens with zero attached hydrogens (tertiary/aromatic N) is 3. The molecule has 40 heavy (non-hydrogen) atoms. The first kappa shape index (κ1) is 27.6. The highest BCUT2D eigenvalue weighted by atomic mass is 32.2. The molecule has 3 heterocycles. The van der Waals surface area contributed by atoms with Crippen molar-refractivity contribution in [2.75, 3.05) is 20.6 Å². The molecule has 1 aromatic heterocycles. The first-order chi connectivity index (χ1) is 19.2. The Hall–Kier alpha value is -2.52. The number of rotatable bonds is 3. The van der Waals surface area contributed by atoms with E-state index in [1.165, 1.54) is 59.9 Å². The number of aromatic nitrogens is 1. The zero-order valence-electron chi connectivity index (χ0n) is 24.1. The average Bonchev–Trinajstić information content (AvgIpc) is 3.18. The molecular formula is C32H41N4O3S-. The lowest BCUT2D eigenvalue weighted by Crippen LogP contribution is -2.66. The number of carbonyl (C=O) groups is 1. The minimum absolute atomic E-state index is 0.220. The normalized spacial score (nSPS) is 27.5. The van der Waals surface area contributed by atoms with Crippen molar-refractivity contribution in [2.45, 2.75) is 82.4 Å². The zero-order chi connectivity index (χ0) is 28.2. The Morgan fingerprint density at radius 2 is 1.82 bits per heavy atom. The van der Waals surface area contributed by atoms with Crippen molar-refractivity contribution in [1.29, 1.82) is 0 Å². The molecule has 2 aromatic carbocycles. The van der Waals surface area contributed by atoms with E-state index in [9.17, 15) is 13.6 Å². The second kappa shape index (κ2) is 10.7. The van der Waals surface area contributed by atoms with Gasteiger partial charge in [-0.05, 0) is 92.9 Å². The predicted octanol–water partition coefficient (Wildman–Crippen LogP) is 5.42. The minimum Gasteiger partial charge on any atom is -0.770 e. The third-order valence-electron chi connectivity index (χ3n) is 9.98. The fraction of sp³-hybridized carbons (Fsp3) is 0.531. The Morgan fingerprint density at radius 3 is 2.55 bits per heavy atom.